The Morgan fingerprint density at radius 1 is 1.38 bits per heavy atom. The van der Waals surface area contributed by atoms with Crippen LogP contribution in [0.3, 0.4) is 0 Å². The summed E-state index contributed by atoms with van der Waals surface area (Å²) in [5, 5.41) is 0. The second-order valence-corrected chi connectivity index (χ2v) is 3.31. The molecule has 2 aromatic heterocycles. The van der Waals surface area contributed by atoms with Gasteiger partial charge in [0, 0.05) is 18.6 Å². The second-order valence-electron chi connectivity index (χ2n) is 3.31. The highest BCUT2D eigenvalue weighted by molar-refractivity contribution is 5.17. The monoisotopic (exact) mass is 221 g/mol. The maximum atomic E-state index is 13.1. The maximum Gasteiger partial charge on any atom is 0.255 e. The molecule has 0 amide bonds. The molecule has 0 spiro atoms. The molecular formula is C11H12FN3O. The summed E-state index contributed by atoms with van der Waals surface area (Å²) in [5.41, 5.74) is 0. The van der Waals surface area contributed by atoms with Crippen molar-refractivity contribution in [1.29, 1.82) is 0 Å². The average molecular weight is 221 g/mol. The van der Waals surface area contributed by atoms with Crippen molar-refractivity contribution in [2.75, 3.05) is 6.61 Å². The Morgan fingerprint density at radius 2 is 2.25 bits per heavy atom. The van der Waals surface area contributed by atoms with Crippen LogP contribution in [0.25, 0.3) is 0 Å². The van der Waals surface area contributed by atoms with Crippen molar-refractivity contribution in [2.45, 2.75) is 13.5 Å². The summed E-state index contributed by atoms with van der Waals surface area (Å²) in [6.45, 7) is 2.94. The highest BCUT2D eigenvalue weighted by Gasteiger charge is 2.03. The second kappa shape index (κ2) is 4.74. The Bertz CT molecular complexity index is 470. The van der Waals surface area contributed by atoms with Crippen molar-refractivity contribution in [2.24, 2.45) is 0 Å². The Labute approximate surface area is 92.7 Å². The van der Waals surface area contributed by atoms with Crippen LogP contribution < -0.4 is 4.74 Å². The highest BCUT2D eigenvalue weighted by atomic mass is 19.1. The van der Waals surface area contributed by atoms with E-state index in [0.29, 0.717) is 13.2 Å². The van der Waals surface area contributed by atoms with Gasteiger partial charge in [0.1, 0.15) is 12.4 Å². The van der Waals surface area contributed by atoms with Gasteiger partial charge in [-0.05, 0) is 19.1 Å². The summed E-state index contributed by atoms with van der Waals surface area (Å²) >= 11 is 0. The van der Waals surface area contributed by atoms with E-state index in [4.69, 9.17) is 4.74 Å². The number of rotatable bonds is 4. The van der Waals surface area contributed by atoms with Gasteiger partial charge in [-0.1, -0.05) is 0 Å². The maximum absolute atomic E-state index is 13.1. The molecule has 0 saturated heterocycles. The lowest BCUT2D eigenvalue weighted by Crippen LogP contribution is -2.09. The third-order valence-corrected chi connectivity index (χ3v) is 2.24. The van der Waals surface area contributed by atoms with Crippen LogP contribution in [0, 0.1) is 12.9 Å². The topological polar surface area (TPSA) is 39.9 Å². The van der Waals surface area contributed by atoms with Crippen LogP contribution in [0.5, 0.6) is 5.75 Å². The largest absolute Gasteiger partial charge is 0.487 e. The van der Waals surface area contributed by atoms with Crippen molar-refractivity contribution in [1.82, 2.24) is 14.5 Å². The predicted octanol–water partition coefficient (Wildman–Crippen LogP) is 1.80. The molecule has 16 heavy (non-hydrogen) atoms. The molecule has 0 N–H and O–H groups in total. The quantitative estimate of drug-likeness (QED) is 0.739. The Hall–Kier alpha value is -1.91. The van der Waals surface area contributed by atoms with Gasteiger partial charge in [-0.3, -0.25) is 0 Å². The van der Waals surface area contributed by atoms with Crippen LogP contribution in [0.4, 0.5) is 4.39 Å². The molecular weight excluding hydrogens is 209 g/mol. The lowest BCUT2D eigenvalue weighted by Gasteiger charge is -2.07. The van der Waals surface area contributed by atoms with Gasteiger partial charge >= 0.3 is 0 Å². The number of halogens is 1. The molecule has 0 atom stereocenters. The minimum absolute atomic E-state index is 0.181. The van der Waals surface area contributed by atoms with E-state index in [1.165, 1.54) is 6.20 Å². The molecule has 0 saturated carbocycles. The van der Waals surface area contributed by atoms with Gasteiger partial charge in [0.2, 0.25) is 0 Å². The van der Waals surface area contributed by atoms with Crippen molar-refractivity contribution >= 4 is 0 Å². The third-order valence-electron chi connectivity index (χ3n) is 2.24. The number of nitrogens with zero attached hydrogens (tertiary/aromatic N) is 3. The van der Waals surface area contributed by atoms with Crippen LogP contribution in [0.1, 0.15) is 5.82 Å². The molecule has 0 aliphatic rings. The Morgan fingerprint density at radius 3 is 2.94 bits per heavy atom. The molecule has 0 radical (unpaired) electrons. The first-order valence-corrected chi connectivity index (χ1v) is 4.98. The predicted molar refractivity (Wildman–Crippen MR) is 56.7 cm³/mol. The van der Waals surface area contributed by atoms with Gasteiger partial charge in [0.15, 0.2) is 5.75 Å². The normalized spacial score (nSPS) is 10.4. The van der Waals surface area contributed by atoms with Gasteiger partial charge in [0.25, 0.3) is 5.95 Å². The lowest BCUT2D eigenvalue weighted by molar-refractivity contribution is 0.279. The number of pyridine rings is 1. The zero-order valence-electron chi connectivity index (χ0n) is 8.93. The van der Waals surface area contributed by atoms with Gasteiger partial charge in [0.05, 0.1) is 6.54 Å². The van der Waals surface area contributed by atoms with Gasteiger partial charge in [-0.25, -0.2) is 9.97 Å². The smallest absolute Gasteiger partial charge is 0.255 e. The standard InChI is InChI=1S/C11H12FN3O/c1-9-13-5-6-15(9)7-8-16-10-3-2-4-14-11(10)12/h2-6H,7-8H2,1H3. The van der Waals surface area contributed by atoms with E-state index in [2.05, 4.69) is 9.97 Å². The minimum atomic E-state index is -0.579. The first kappa shape index (κ1) is 10.6. The van der Waals surface area contributed by atoms with Crippen molar-refractivity contribution in [3.8, 4) is 5.75 Å². The van der Waals surface area contributed by atoms with E-state index < -0.39 is 5.95 Å². The van der Waals surface area contributed by atoms with Gasteiger partial charge in [-0.15, -0.1) is 0 Å². The van der Waals surface area contributed by atoms with E-state index in [0.717, 1.165) is 5.82 Å². The molecule has 0 aromatic carbocycles. The van der Waals surface area contributed by atoms with E-state index in [9.17, 15) is 4.39 Å². The SMILES string of the molecule is Cc1nccn1CCOc1cccnc1F. The number of aromatic nitrogens is 3. The number of imidazole rings is 1. The summed E-state index contributed by atoms with van der Waals surface area (Å²) in [4.78, 5) is 7.58. The summed E-state index contributed by atoms with van der Waals surface area (Å²) in [7, 11) is 0. The number of hydrogen-bond donors (Lipinski definition) is 0. The Balaban J connectivity index is 1.89. The molecule has 0 unspecified atom stereocenters. The highest BCUT2D eigenvalue weighted by Crippen LogP contribution is 2.12. The van der Waals surface area contributed by atoms with E-state index >= 15 is 0 Å². The molecule has 84 valence electrons. The zero-order valence-corrected chi connectivity index (χ0v) is 8.93. The molecule has 5 heteroatoms. The molecule has 2 rings (SSSR count). The first-order valence-electron chi connectivity index (χ1n) is 4.98. The first-order chi connectivity index (χ1) is 7.77. The van der Waals surface area contributed by atoms with Crippen molar-refractivity contribution < 1.29 is 9.13 Å². The Kier molecular flexibility index (Phi) is 3.14. The minimum Gasteiger partial charge on any atom is -0.487 e. The van der Waals surface area contributed by atoms with E-state index in [1.54, 1.807) is 18.3 Å². The van der Waals surface area contributed by atoms with Crippen LogP contribution in [0.2, 0.25) is 0 Å². The van der Waals surface area contributed by atoms with Crippen LogP contribution in [-0.4, -0.2) is 21.1 Å². The van der Waals surface area contributed by atoms with Crippen LogP contribution >= 0.6 is 0 Å². The molecule has 0 fully saturated rings. The fourth-order valence-electron chi connectivity index (χ4n) is 1.37. The summed E-state index contributed by atoms with van der Waals surface area (Å²) in [6, 6.07) is 3.20. The van der Waals surface area contributed by atoms with Crippen LogP contribution in [-0.2, 0) is 6.54 Å². The number of aryl methyl sites for hydroxylation is 1. The molecule has 0 aliphatic carbocycles. The summed E-state index contributed by atoms with van der Waals surface area (Å²) in [5.74, 6) is 0.514. The fraction of sp³-hybridized carbons (Fsp3) is 0.273. The number of hydrogen-bond acceptors (Lipinski definition) is 3. The molecule has 2 aromatic rings. The molecule has 0 aliphatic heterocycles. The zero-order chi connectivity index (χ0) is 11.4. The van der Waals surface area contributed by atoms with Crippen LogP contribution in [0.15, 0.2) is 30.7 Å². The summed E-state index contributed by atoms with van der Waals surface area (Å²) in [6.07, 6.45) is 4.97. The fourth-order valence-corrected chi connectivity index (χ4v) is 1.37. The van der Waals surface area contributed by atoms with E-state index in [1.807, 2.05) is 17.7 Å². The van der Waals surface area contributed by atoms with Gasteiger partial charge in [-0.2, -0.15) is 4.39 Å². The van der Waals surface area contributed by atoms with Crippen molar-refractivity contribution in [3.05, 3.63) is 42.5 Å². The lowest BCUT2D eigenvalue weighted by atomic mass is 10.4. The number of ether oxygens (including phenoxy) is 1. The van der Waals surface area contributed by atoms with E-state index in [-0.39, 0.29) is 5.75 Å². The average Bonchev–Trinajstić information content (AvgIpc) is 2.67. The molecule has 2 heterocycles. The molecule has 4 nitrogen and oxygen atoms in total. The van der Waals surface area contributed by atoms with Gasteiger partial charge < -0.3 is 9.30 Å². The summed E-state index contributed by atoms with van der Waals surface area (Å²) < 4.78 is 20.3. The van der Waals surface area contributed by atoms with Crippen molar-refractivity contribution in [3.63, 3.8) is 0 Å². The molecule has 0 bridgehead atoms. The third kappa shape index (κ3) is 2.36.